The van der Waals surface area contributed by atoms with E-state index in [1.807, 2.05) is 22.6 Å². The second-order valence-corrected chi connectivity index (χ2v) is 8.36. The van der Waals surface area contributed by atoms with Crippen LogP contribution in [-0.2, 0) is 19.3 Å². The molecule has 2 N–H and O–H groups in total. The first-order valence-corrected chi connectivity index (χ1v) is 9.64. The zero-order valence-electron chi connectivity index (χ0n) is 12.4. The number of nitrogen functional groups attached to an aromatic ring is 1. The molecule has 0 aliphatic rings. The van der Waals surface area contributed by atoms with Crippen molar-refractivity contribution in [1.82, 2.24) is 4.98 Å². The fourth-order valence-corrected chi connectivity index (χ4v) is 3.34. The Bertz CT molecular complexity index is 684. The lowest BCUT2D eigenvalue weighted by molar-refractivity contribution is -0.140. The minimum absolute atomic E-state index is 0.245. The van der Waals surface area contributed by atoms with Gasteiger partial charge in [-0.25, -0.2) is 9.19 Å². The van der Waals surface area contributed by atoms with Crippen molar-refractivity contribution in [2.45, 2.75) is 19.3 Å². The number of carbonyl (C=O) groups is 2. The summed E-state index contributed by atoms with van der Waals surface area (Å²) in [6.07, 6.45) is 4.08. The van der Waals surface area contributed by atoms with Crippen LogP contribution in [0.3, 0.4) is 0 Å². The smallest absolute Gasteiger partial charge is 0.305 e. The van der Waals surface area contributed by atoms with Gasteiger partial charge in [0.1, 0.15) is 5.82 Å². The number of esters is 1. The van der Waals surface area contributed by atoms with E-state index in [2.05, 4.69) is 14.1 Å². The fourth-order valence-electron chi connectivity index (χ4n) is 1.58. The second kappa shape index (κ2) is 8.42. The third-order valence-corrected chi connectivity index (χ3v) is 5.24. The quantitative estimate of drug-likeness (QED) is 0.412. The van der Waals surface area contributed by atoms with Crippen LogP contribution < -0.4 is 5.73 Å². The number of ether oxygens (including phenoxy) is 1. The van der Waals surface area contributed by atoms with Crippen LogP contribution in [0.15, 0.2) is 16.6 Å². The van der Waals surface area contributed by atoms with Crippen LogP contribution >= 0.6 is 22.6 Å². The molecule has 122 valence electrons. The Kier molecular flexibility index (Phi) is 7.20. The zero-order chi connectivity index (χ0) is 16.8. The minimum Gasteiger partial charge on any atom is -0.469 e. The van der Waals surface area contributed by atoms with Gasteiger partial charge in [0.15, 0.2) is 0 Å². The standard InChI is InChI=1S/C13H18IN3O4S/c1-21-11(18)5-3-4-6-22(2,20)17-13(19)9-7-10(14)12(15)16-8-9/h7-8H,3-6H2,1-2H3,(H2,15,16). The maximum atomic E-state index is 12.3. The summed E-state index contributed by atoms with van der Waals surface area (Å²) in [6, 6.07) is 1.56. The van der Waals surface area contributed by atoms with Crippen molar-refractivity contribution in [2.75, 3.05) is 24.9 Å². The van der Waals surface area contributed by atoms with E-state index >= 15 is 0 Å². The van der Waals surface area contributed by atoms with Crippen molar-refractivity contribution in [3.8, 4) is 0 Å². The summed E-state index contributed by atoms with van der Waals surface area (Å²) in [5.74, 6) is -0.309. The van der Waals surface area contributed by atoms with Crippen molar-refractivity contribution in [2.24, 2.45) is 4.36 Å². The van der Waals surface area contributed by atoms with Gasteiger partial charge in [0, 0.05) is 24.6 Å². The van der Waals surface area contributed by atoms with Gasteiger partial charge in [-0.15, -0.1) is 0 Å². The lowest BCUT2D eigenvalue weighted by Crippen LogP contribution is -2.09. The Balaban J connectivity index is 2.68. The molecule has 1 rings (SSSR count). The highest BCUT2D eigenvalue weighted by atomic mass is 127. The molecule has 1 heterocycles. The predicted molar refractivity (Wildman–Crippen MR) is 92.9 cm³/mol. The Morgan fingerprint density at radius 3 is 2.73 bits per heavy atom. The summed E-state index contributed by atoms with van der Waals surface area (Å²) in [5, 5.41) is 0. The number of nitrogens with zero attached hydrogens (tertiary/aromatic N) is 2. The average molecular weight is 439 g/mol. The van der Waals surface area contributed by atoms with Crippen LogP contribution in [0, 0.1) is 3.57 Å². The number of carbonyl (C=O) groups excluding carboxylic acids is 2. The molecule has 22 heavy (non-hydrogen) atoms. The molecule has 1 unspecified atom stereocenters. The summed E-state index contributed by atoms with van der Waals surface area (Å²) >= 11 is 1.96. The molecule has 1 amide bonds. The number of hydrogen-bond donors (Lipinski definition) is 1. The highest BCUT2D eigenvalue weighted by Gasteiger charge is 2.11. The van der Waals surface area contributed by atoms with Gasteiger partial charge >= 0.3 is 5.97 Å². The molecule has 0 fully saturated rings. The third-order valence-electron chi connectivity index (χ3n) is 2.77. The Morgan fingerprint density at radius 2 is 2.14 bits per heavy atom. The summed E-state index contributed by atoms with van der Waals surface area (Å²) in [7, 11) is -1.32. The summed E-state index contributed by atoms with van der Waals surface area (Å²) < 4.78 is 21.2. The number of nitrogens with two attached hydrogens (primary N) is 1. The second-order valence-electron chi connectivity index (χ2n) is 4.68. The molecule has 0 saturated carbocycles. The predicted octanol–water partition coefficient (Wildman–Crippen LogP) is 1.85. The van der Waals surface area contributed by atoms with Crippen LogP contribution in [0.1, 0.15) is 29.6 Å². The third kappa shape index (κ3) is 6.26. The first-order valence-electron chi connectivity index (χ1n) is 6.47. The summed E-state index contributed by atoms with van der Waals surface area (Å²) in [4.78, 5) is 26.9. The maximum Gasteiger partial charge on any atom is 0.305 e. The number of amides is 1. The van der Waals surface area contributed by atoms with Crippen LogP contribution in [0.2, 0.25) is 0 Å². The molecular formula is C13H18IN3O4S. The topological polar surface area (TPSA) is 112 Å². The fraction of sp³-hybridized carbons (Fsp3) is 0.462. The highest BCUT2D eigenvalue weighted by Crippen LogP contribution is 2.14. The highest BCUT2D eigenvalue weighted by molar-refractivity contribution is 14.1. The van der Waals surface area contributed by atoms with E-state index in [4.69, 9.17) is 5.73 Å². The van der Waals surface area contributed by atoms with Gasteiger partial charge in [0.2, 0.25) is 0 Å². The number of rotatable bonds is 6. The van der Waals surface area contributed by atoms with E-state index in [0.717, 1.165) is 0 Å². The molecular weight excluding hydrogens is 421 g/mol. The van der Waals surface area contributed by atoms with Crippen molar-refractivity contribution in [1.29, 1.82) is 0 Å². The van der Waals surface area contributed by atoms with Crippen LogP contribution in [0.4, 0.5) is 5.82 Å². The van der Waals surface area contributed by atoms with E-state index in [1.165, 1.54) is 19.6 Å². The van der Waals surface area contributed by atoms with Crippen molar-refractivity contribution >= 4 is 50.0 Å². The van der Waals surface area contributed by atoms with Gasteiger partial charge in [-0.3, -0.25) is 9.59 Å². The lowest BCUT2D eigenvalue weighted by Gasteiger charge is -2.04. The first-order chi connectivity index (χ1) is 10.2. The maximum absolute atomic E-state index is 12.3. The minimum atomic E-state index is -2.64. The van der Waals surface area contributed by atoms with E-state index in [-0.39, 0.29) is 23.7 Å². The number of hydrogen-bond acceptors (Lipinski definition) is 6. The number of aromatic nitrogens is 1. The number of halogens is 1. The number of unbranched alkanes of at least 4 members (excludes halogenated alkanes) is 1. The van der Waals surface area contributed by atoms with Crippen molar-refractivity contribution in [3.05, 3.63) is 21.4 Å². The van der Waals surface area contributed by atoms with E-state index in [1.54, 1.807) is 6.07 Å². The van der Waals surface area contributed by atoms with Crippen molar-refractivity contribution < 1.29 is 18.5 Å². The SMILES string of the molecule is COC(=O)CCCCS(C)(=O)=NC(=O)c1cnc(N)c(I)c1. The largest absolute Gasteiger partial charge is 0.469 e. The zero-order valence-corrected chi connectivity index (χ0v) is 15.3. The molecule has 7 nitrogen and oxygen atoms in total. The molecule has 0 saturated heterocycles. The van der Waals surface area contributed by atoms with Crippen molar-refractivity contribution in [3.63, 3.8) is 0 Å². The van der Waals surface area contributed by atoms with Crippen LogP contribution in [-0.4, -0.2) is 40.2 Å². The summed E-state index contributed by atoms with van der Waals surface area (Å²) in [5.41, 5.74) is 5.83. The Labute approximate surface area is 143 Å². The molecule has 0 aromatic carbocycles. The average Bonchev–Trinajstić information content (AvgIpc) is 2.45. The van der Waals surface area contributed by atoms with Gasteiger partial charge in [-0.1, -0.05) is 0 Å². The molecule has 1 aromatic rings. The lowest BCUT2D eigenvalue weighted by atomic mass is 10.2. The first kappa shape index (κ1) is 18.8. The number of anilines is 1. The molecule has 9 heteroatoms. The van der Waals surface area contributed by atoms with E-state index < -0.39 is 15.6 Å². The van der Waals surface area contributed by atoms with Gasteiger partial charge < -0.3 is 10.5 Å². The van der Waals surface area contributed by atoms with Crippen LogP contribution in [0.25, 0.3) is 0 Å². The summed E-state index contributed by atoms with van der Waals surface area (Å²) in [6.45, 7) is 0. The van der Waals surface area contributed by atoms with E-state index in [9.17, 15) is 13.8 Å². The van der Waals surface area contributed by atoms with Gasteiger partial charge in [-0.05, 0) is 41.5 Å². The normalized spacial score (nSPS) is 13.2. The molecule has 0 radical (unpaired) electrons. The number of pyridine rings is 1. The molecule has 1 aromatic heterocycles. The number of methoxy groups -OCH3 is 1. The van der Waals surface area contributed by atoms with Crippen LogP contribution in [0.5, 0.6) is 0 Å². The van der Waals surface area contributed by atoms with Gasteiger partial charge in [0.25, 0.3) is 5.91 Å². The Hall–Kier alpha value is -1.23. The molecule has 0 aliphatic carbocycles. The molecule has 0 aliphatic heterocycles. The monoisotopic (exact) mass is 439 g/mol. The molecule has 1 atom stereocenters. The van der Waals surface area contributed by atoms with Gasteiger partial charge in [0.05, 0.1) is 26.0 Å². The van der Waals surface area contributed by atoms with E-state index in [0.29, 0.717) is 22.2 Å². The van der Waals surface area contributed by atoms with Gasteiger partial charge in [-0.2, -0.15) is 4.36 Å². The Morgan fingerprint density at radius 1 is 1.45 bits per heavy atom. The molecule has 0 spiro atoms. The molecule has 0 bridgehead atoms.